The van der Waals surface area contributed by atoms with E-state index < -0.39 is 0 Å². The zero-order valence-electron chi connectivity index (χ0n) is 14.7. The maximum atomic E-state index is 12.3. The molecular weight excluding hydrogens is 310 g/mol. The zero-order valence-corrected chi connectivity index (χ0v) is 14.7. The highest BCUT2D eigenvalue weighted by atomic mass is 16.5. The standard InChI is InChI=1S/C22H25NO2/c1-25-20-12-6-5-9-18(20)13-14-21(24)23-17-22(15-7-8-16-22)19-10-3-2-4-11-19/h2-6,9-14H,7-8,15-17H2,1H3,(H,23,24)/b14-13+. The van der Waals surface area contributed by atoms with Gasteiger partial charge in [0.25, 0.3) is 0 Å². The molecule has 1 N–H and O–H groups in total. The van der Waals surface area contributed by atoms with Gasteiger partial charge in [-0.25, -0.2) is 0 Å². The lowest BCUT2D eigenvalue weighted by Crippen LogP contribution is -2.38. The number of nitrogens with one attached hydrogen (secondary N) is 1. The Morgan fingerprint density at radius 1 is 1.08 bits per heavy atom. The third kappa shape index (κ3) is 4.11. The van der Waals surface area contributed by atoms with Gasteiger partial charge >= 0.3 is 0 Å². The van der Waals surface area contributed by atoms with E-state index in [0.717, 1.165) is 24.2 Å². The molecule has 0 aliphatic heterocycles. The van der Waals surface area contributed by atoms with Crippen molar-refractivity contribution in [2.24, 2.45) is 0 Å². The first-order valence-electron chi connectivity index (χ1n) is 8.88. The van der Waals surface area contributed by atoms with Crippen LogP contribution in [0.25, 0.3) is 6.08 Å². The Morgan fingerprint density at radius 3 is 2.48 bits per heavy atom. The van der Waals surface area contributed by atoms with Crippen LogP contribution >= 0.6 is 0 Å². The maximum Gasteiger partial charge on any atom is 0.244 e. The molecule has 0 saturated heterocycles. The molecule has 1 fully saturated rings. The van der Waals surface area contributed by atoms with Gasteiger partial charge in [-0.05, 0) is 30.5 Å². The lowest BCUT2D eigenvalue weighted by molar-refractivity contribution is -0.116. The number of para-hydroxylation sites is 1. The Labute approximate surface area is 149 Å². The smallest absolute Gasteiger partial charge is 0.244 e. The fourth-order valence-electron chi connectivity index (χ4n) is 3.70. The lowest BCUT2D eigenvalue weighted by atomic mass is 9.79. The fourth-order valence-corrected chi connectivity index (χ4v) is 3.70. The summed E-state index contributed by atoms with van der Waals surface area (Å²) in [5.74, 6) is 0.705. The van der Waals surface area contributed by atoms with Crippen molar-refractivity contribution in [3.05, 3.63) is 71.8 Å². The number of carbonyl (C=O) groups is 1. The van der Waals surface area contributed by atoms with Gasteiger partial charge in [0.05, 0.1) is 7.11 Å². The second kappa shape index (κ2) is 8.02. The van der Waals surface area contributed by atoms with Gasteiger partial charge < -0.3 is 10.1 Å². The van der Waals surface area contributed by atoms with Gasteiger partial charge in [0.2, 0.25) is 5.91 Å². The van der Waals surface area contributed by atoms with Crippen molar-refractivity contribution in [3.63, 3.8) is 0 Å². The fraction of sp³-hybridized carbons (Fsp3) is 0.318. The second-order valence-electron chi connectivity index (χ2n) is 6.65. The molecule has 0 spiro atoms. The van der Waals surface area contributed by atoms with E-state index in [-0.39, 0.29) is 11.3 Å². The summed E-state index contributed by atoms with van der Waals surface area (Å²) >= 11 is 0. The van der Waals surface area contributed by atoms with E-state index in [9.17, 15) is 4.79 Å². The summed E-state index contributed by atoms with van der Waals surface area (Å²) in [5.41, 5.74) is 2.31. The van der Waals surface area contributed by atoms with Crippen LogP contribution in [0, 0.1) is 0 Å². The van der Waals surface area contributed by atoms with Gasteiger partial charge in [0, 0.05) is 23.6 Å². The van der Waals surface area contributed by atoms with Crippen LogP contribution < -0.4 is 10.1 Å². The Kier molecular flexibility index (Phi) is 5.54. The lowest BCUT2D eigenvalue weighted by Gasteiger charge is -2.29. The molecule has 2 aromatic rings. The van der Waals surface area contributed by atoms with E-state index in [1.54, 1.807) is 19.3 Å². The minimum Gasteiger partial charge on any atom is -0.496 e. The SMILES string of the molecule is COc1ccccc1/C=C/C(=O)NCC1(c2ccccc2)CCCC1. The van der Waals surface area contributed by atoms with E-state index in [0.29, 0.717) is 6.54 Å². The van der Waals surface area contributed by atoms with Crippen molar-refractivity contribution in [1.82, 2.24) is 5.32 Å². The van der Waals surface area contributed by atoms with E-state index in [4.69, 9.17) is 4.74 Å². The molecule has 0 heterocycles. The summed E-state index contributed by atoms with van der Waals surface area (Å²) in [6, 6.07) is 18.2. The van der Waals surface area contributed by atoms with Gasteiger partial charge in [0.1, 0.15) is 5.75 Å². The number of hydrogen-bond acceptors (Lipinski definition) is 2. The molecule has 0 unspecified atom stereocenters. The summed E-state index contributed by atoms with van der Waals surface area (Å²) in [6.07, 6.45) is 8.11. The number of ether oxygens (including phenoxy) is 1. The third-order valence-corrected chi connectivity index (χ3v) is 5.10. The molecule has 1 saturated carbocycles. The van der Waals surface area contributed by atoms with Crippen LogP contribution in [0.15, 0.2) is 60.7 Å². The minimum atomic E-state index is -0.0619. The number of methoxy groups -OCH3 is 1. The van der Waals surface area contributed by atoms with Crippen molar-refractivity contribution in [1.29, 1.82) is 0 Å². The molecule has 0 atom stereocenters. The van der Waals surface area contributed by atoms with Crippen LogP contribution in [0.4, 0.5) is 0 Å². The second-order valence-corrected chi connectivity index (χ2v) is 6.65. The number of rotatable bonds is 6. The molecule has 1 amide bonds. The van der Waals surface area contributed by atoms with Gasteiger partial charge in [-0.3, -0.25) is 4.79 Å². The number of carbonyl (C=O) groups excluding carboxylic acids is 1. The quantitative estimate of drug-likeness (QED) is 0.798. The van der Waals surface area contributed by atoms with Gasteiger partial charge in [-0.15, -0.1) is 0 Å². The highest BCUT2D eigenvalue weighted by Crippen LogP contribution is 2.40. The number of hydrogen-bond donors (Lipinski definition) is 1. The van der Waals surface area contributed by atoms with Crippen molar-refractivity contribution in [2.75, 3.05) is 13.7 Å². The molecule has 0 aromatic heterocycles. The molecule has 3 nitrogen and oxygen atoms in total. The molecule has 25 heavy (non-hydrogen) atoms. The molecule has 0 radical (unpaired) electrons. The van der Waals surface area contributed by atoms with Crippen LogP contribution in [0.1, 0.15) is 36.8 Å². The molecule has 3 rings (SSSR count). The predicted molar refractivity (Wildman–Crippen MR) is 102 cm³/mol. The summed E-state index contributed by atoms with van der Waals surface area (Å²) in [4.78, 5) is 12.3. The topological polar surface area (TPSA) is 38.3 Å². The highest BCUT2D eigenvalue weighted by Gasteiger charge is 2.35. The molecular formula is C22H25NO2. The van der Waals surface area contributed by atoms with Crippen LogP contribution in [-0.4, -0.2) is 19.6 Å². The molecule has 0 bridgehead atoms. The Balaban J connectivity index is 1.65. The molecule has 2 aromatic carbocycles. The van der Waals surface area contributed by atoms with Crippen molar-refractivity contribution in [2.45, 2.75) is 31.1 Å². The summed E-state index contributed by atoms with van der Waals surface area (Å²) in [5, 5.41) is 3.11. The largest absolute Gasteiger partial charge is 0.496 e. The first-order valence-corrected chi connectivity index (χ1v) is 8.88. The Morgan fingerprint density at radius 2 is 1.76 bits per heavy atom. The zero-order chi connectivity index (χ0) is 17.5. The van der Waals surface area contributed by atoms with Gasteiger partial charge in [-0.1, -0.05) is 61.4 Å². The van der Waals surface area contributed by atoms with E-state index in [1.807, 2.05) is 30.3 Å². The van der Waals surface area contributed by atoms with Crippen LogP contribution in [0.5, 0.6) is 5.75 Å². The number of benzene rings is 2. The molecule has 1 aliphatic carbocycles. The molecule has 1 aliphatic rings. The average molecular weight is 335 g/mol. The highest BCUT2D eigenvalue weighted by molar-refractivity contribution is 5.92. The third-order valence-electron chi connectivity index (χ3n) is 5.10. The maximum absolute atomic E-state index is 12.3. The van der Waals surface area contributed by atoms with E-state index in [1.165, 1.54) is 18.4 Å². The van der Waals surface area contributed by atoms with Gasteiger partial charge in [-0.2, -0.15) is 0 Å². The van der Waals surface area contributed by atoms with Crippen LogP contribution in [-0.2, 0) is 10.2 Å². The van der Waals surface area contributed by atoms with Crippen LogP contribution in [0.2, 0.25) is 0 Å². The Bertz CT molecular complexity index is 731. The van der Waals surface area contributed by atoms with Crippen molar-refractivity contribution >= 4 is 12.0 Å². The number of amides is 1. The summed E-state index contributed by atoms with van der Waals surface area (Å²) < 4.78 is 5.31. The average Bonchev–Trinajstić information content (AvgIpc) is 3.16. The monoisotopic (exact) mass is 335 g/mol. The molecule has 3 heteroatoms. The first kappa shape index (κ1) is 17.3. The normalized spacial score (nSPS) is 16.0. The minimum absolute atomic E-state index is 0.0619. The molecule has 130 valence electrons. The van der Waals surface area contributed by atoms with Gasteiger partial charge in [0.15, 0.2) is 0 Å². The van der Waals surface area contributed by atoms with Crippen LogP contribution in [0.3, 0.4) is 0 Å². The van der Waals surface area contributed by atoms with E-state index >= 15 is 0 Å². The summed E-state index contributed by atoms with van der Waals surface area (Å²) in [6.45, 7) is 0.687. The van der Waals surface area contributed by atoms with Crippen molar-refractivity contribution < 1.29 is 9.53 Å². The summed E-state index contributed by atoms with van der Waals surface area (Å²) in [7, 11) is 1.64. The van der Waals surface area contributed by atoms with Crippen molar-refractivity contribution in [3.8, 4) is 5.75 Å². The predicted octanol–water partition coefficient (Wildman–Crippen LogP) is 4.34. The first-order chi connectivity index (χ1) is 12.2. The Hall–Kier alpha value is -2.55. The van der Waals surface area contributed by atoms with E-state index in [2.05, 4.69) is 29.6 Å².